The van der Waals surface area contributed by atoms with Gasteiger partial charge in [0.15, 0.2) is 0 Å². The van der Waals surface area contributed by atoms with E-state index in [2.05, 4.69) is 46.4 Å². The van der Waals surface area contributed by atoms with Crippen LogP contribution in [0.25, 0.3) is 0 Å². The Kier molecular flexibility index (Phi) is 2.84. The zero-order valence-electron chi connectivity index (χ0n) is 7.51. The standard InChI is InChI=1S/C10H12BrNS/c1-7-2-3-10(9(11)4-7)12-8-5-13-6-8/h2-4,8,12H,5-6H2,1H3. The summed E-state index contributed by atoms with van der Waals surface area (Å²) < 4.78 is 1.17. The van der Waals surface area contributed by atoms with Crippen molar-refractivity contribution in [3.8, 4) is 0 Å². The fraction of sp³-hybridized carbons (Fsp3) is 0.400. The zero-order chi connectivity index (χ0) is 9.26. The summed E-state index contributed by atoms with van der Waals surface area (Å²) >= 11 is 5.56. The van der Waals surface area contributed by atoms with Gasteiger partial charge in [0.25, 0.3) is 0 Å². The molecule has 2 rings (SSSR count). The molecule has 0 unspecified atom stereocenters. The first-order chi connectivity index (χ1) is 6.25. The summed E-state index contributed by atoms with van der Waals surface area (Å²) in [5, 5.41) is 3.51. The summed E-state index contributed by atoms with van der Waals surface area (Å²) in [6.07, 6.45) is 0. The number of anilines is 1. The molecule has 3 heteroatoms. The molecular weight excluding hydrogens is 246 g/mol. The fourth-order valence-corrected chi connectivity index (χ4v) is 2.52. The summed E-state index contributed by atoms with van der Waals surface area (Å²) in [6, 6.07) is 7.10. The second-order valence-electron chi connectivity index (χ2n) is 3.36. The highest BCUT2D eigenvalue weighted by molar-refractivity contribution is 9.10. The van der Waals surface area contributed by atoms with Crippen molar-refractivity contribution in [2.75, 3.05) is 16.8 Å². The van der Waals surface area contributed by atoms with Gasteiger partial charge in [-0.05, 0) is 40.5 Å². The molecule has 1 fully saturated rings. The van der Waals surface area contributed by atoms with Crippen molar-refractivity contribution in [3.05, 3.63) is 28.2 Å². The quantitative estimate of drug-likeness (QED) is 0.873. The lowest BCUT2D eigenvalue weighted by atomic mass is 10.2. The number of hydrogen-bond acceptors (Lipinski definition) is 2. The van der Waals surface area contributed by atoms with Crippen LogP contribution in [0.4, 0.5) is 5.69 Å². The highest BCUT2D eigenvalue weighted by Gasteiger charge is 2.18. The Balaban J connectivity index is 2.10. The van der Waals surface area contributed by atoms with Crippen LogP contribution in [0, 0.1) is 6.92 Å². The maximum atomic E-state index is 3.56. The molecule has 1 aromatic carbocycles. The summed E-state index contributed by atoms with van der Waals surface area (Å²) in [4.78, 5) is 0. The third-order valence-corrected chi connectivity index (χ3v) is 4.05. The van der Waals surface area contributed by atoms with E-state index in [0.29, 0.717) is 6.04 Å². The van der Waals surface area contributed by atoms with Crippen LogP contribution in [-0.4, -0.2) is 17.5 Å². The van der Waals surface area contributed by atoms with Crippen LogP contribution in [-0.2, 0) is 0 Å². The summed E-state index contributed by atoms with van der Waals surface area (Å²) in [6.45, 7) is 2.10. The van der Waals surface area contributed by atoms with E-state index < -0.39 is 0 Å². The lowest BCUT2D eigenvalue weighted by molar-refractivity contribution is 0.881. The Labute approximate surface area is 91.4 Å². The van der Waals surface area contributed by atoms with Crippen molar-refractivity contribution in [2.45, 2.75) is 13.0 Å². The van der Waals surface area contributed by atoms with Crippen molar-refractivity contribution < 1.29 is 0 Å². The van der Waals surface area contributed by atoms with Crippen molar-refractivity contribution in [2.24, 2.45) is 0 Å². The molecular formula is C10H12BrNS. The molecule has 1 N–H and O–H groups in total. The van der Waals surface area contributed by atoms with Gasteiger partial charge < -0.3 is 5.32 Å². The number of hydrogen-bond donors (Lipinski definition) is 1. The van der Waals surface area contributed by atoms with Gasteiger partial charge in [-0.2, -0.15) is 11.8 Å². The molecule has 0 saturated carbocycles. The van der Waals surface area contributed by atoms with Gasteiger partial charge >= 0.3 is 0 Å². The van der Waals surface area contributed by atoms with E-state index in [0.717, 1.165) is 0 Å². The predicted octanol–water partition coefficient (Wildman–Crippen LogP) is 3.28. The third-order valence-electron chi connectivity index (χ3n) is 2.12. The molecule has 0 radical (unpaired) electrons. The second-order valence-corrected chi connectivity index (χ2v) is 5.29. The minimum absolute atomic E-state index is 0.670. The maximum absolute atomic E-state index is 3.56. The molecule has 0 amide bonds. The lowest BCUT2D eigenvalue weighted by Gasteiger charge is -2.27. The van der Waals surface area contributed by atoms with Gasteiger partial charge in [-0.15, -0.1) is 0 Å². The second kappa shape index (κ2) is 3.93. The van der Waals surface area contributed by atoms with Crippen molar-refractivity contribution in [1.29, 1.82) is 0 Å². The molecule has 70 valence electrons. The number of nitrogens with one attached hydrogen (secondary N) is 1. The van der Waals surface area contributed by atoms with E-state index in [4.69, 9.17) is 0 Å². The molecule has 0 bridgehead atoms. The molecule has 0 spiro atoms. The monoisotopic (exact) mass is 257 g/mol. The largest absolute Gasteiger partial charge is 0.380 e. The Morgan fingerprint density at radius 2 is 2.23 bits per heavy atom. The van der Waals surface area contributed by atoms with Crippen LogP contribution in [0.15, 0.2) is 22.7 Å². The van der Waals surface area contributed by atoms with Gasteiger partial charge in [0.2, 0.25) is 0 Å². The first-order valence-electron chi connectivity index (χ1n) is 4.36. The van der Waals surface area contributed by atoms with E-state index >= 15 is 0 Å². The van der Waals surface area contributed by atoms with Gasteiger partial charge in [0.05, 0.1) is 0 Å². The molecule has 0 atom stereocenters. The number of thioether (sulfide) groups is 1. The van der Waals surface area contributed by atoms with Crippen LogP contribution in [0.5, 0.6) is 0 Å². The van der Waals surface area contributed by atoms with Crippen LogP contribution in [0.2, 0.25) is 0 Å². The number of aryl methyl sites for hydroxylation is 1. The molecule has 13 heavy (non-hydrogen) atoms. The normalized spacial score (nSPS) is 16.8. The van der Waals surface area contributed by atoms with E-state index in [-0.39, 0.29) is 0 Å². The lowest BCUT2D eigenvalue weighted by Crippen LogP contribution is -2.33. The molecule has 1 aliphatic rings. The highest BCUT2D eigenvalue weighted by Crippen LogP contribution is 2.27. The molecule has 0 aromatic heterocycles. The number of halogens is 1. The van der Waals surface area contributed by atoms with E-state index in [9.17, 15) is 0 Å². The Bertz CT molecular complexity index is 310. The predicted molar refractivity (Wildman–Crippen MR) is 63.6 cm³/mol. The molecule has 1 aliphatic heterocycles. The van der Waals surface area contributed by atoms with Crippen LogP contribution < -0.4 is 5.32 Å². The molecule has 1 nitrogen and oxygen atoms in total. The first kappa shape index (κ1) is 9.41. The molecule has 0 aliphatic carbocycles. The SMILES string of the molecule is Cc1ccc(NC2CSC2)c(Br)c1. The highest BCUT2D eigenvalue weighted by atomic mass is 79.9. The summed E-state index contributed by atoms with van der Waals surface area (Å²) in [5.41, 5.74) is 2.51. The van der Waals surface area contributed by atoms with E-state index in [1.165, 1.54) is 27.2 Å². The summed E-state index contributed by atoms with van der Waals surface area (Å²) in [5.74, 6) is 2.47. The van der Waals surface area contributed by atoms with Crippen molar-refractivity contribution in [1.82, 2.24) is 0 Å². The summed E-state index contributed by atoms with van der Waals surface area (Å²) in [7, 11) is 0. The van der Waals surface area contributed by atoms with Crippen molar-refractivity contribution in [3.63, 3.8) is 0 Å². The Morgan fingerprint density at radius 1 is 1.46 bits per heavy atom. The Morgan fingerprint density at radius 3 is 2.77 bits per heavy atom. The van der Waals surface area contributed by atoms with Gasteiger partial charge in [0.1, 0.15) is 0 Å². The average molecular weight is 258 g/mol. The topological polar surface area (TPSA) is 12.0 Å². The number of rotatable bonds is 2. The van der Waals surface area contributed by atoms with Gasteiger partial charge in [0, 0.05) is 27.7 Å². The minimum atomic E-state index is 0.670. The number of benzene rings is 1. The zero-order valence-corrected chi connectivity index (χ0v) is 9.91. The van der Waals surface area contributed by atoms with E-state index in [1.807, 2.05) is 11.8 Å². The van der Waals surface area contributed by atoms with Gasteiger partial charge in [-0.3, -0.25) is 0 Å². The fourth-order valence-electron chi connectivity index (χ4n) is 1.28. The van der Waals surface area contributed by atoms with Gasteiger partial charge in [-0.1, -0.05) is 6.07 Å². The van der Waals surface area contributed by atoms with Crippen LogP contribution in [0.1, 0.15) is 5.56 Å². The minimum Gasteiger partial charge on any atom is -0.380 e. The molecule has 1 heterocycles. The molecule has 1 saturated heterocycles. The Hall–Kier alpha value is -0.150. The van der Waals surface area contributed by atoms with Crippen LogP contribution in [0.3, 0.4) is 0 Å². The third kappa shape index (κ3) is 2.20. The van der Waals surface area contributed by atoms with Crippen LogP contribution >= 0.6 is 27.7 Å². The first-order valence-corrected chi connectivity index (χ1v) is 6.31. The molecule has 1 aromatic rings. The average Bonchev–Trinajstić information content (AvgIpc) is 1.99. The smallest absolute Gasteiger partial charge is 0.0487 e. The van der Waals surface area contributed by atoms with E-state index in [1.54, 1.807) is 0 Å². The maximum Gasteiger partial charge on any atom is 0.0487 e. The van der Waals surface area contributed by atoms with Crippen molar-refractivity contribution >= 4 is 33.4 Å². The van der Waals surface area contributed by atoms with Gasteiger partial charge in [-0.25, -0.2) is 0 Å².